The second-order valence-electron chi connectivity index (χ2n) is 20.0. The first-order valence-electron chi connectivity index (χ1n) is 26.2. The van der Waals surface area contributed by atoms with E-state index in [-0.39, 0.29) is 0 Å². The smallest absolute Gasteiger partial charge is 0.0541 e. The van der Waals surface area contributed by atoms with Crippen molar-refractivity contribution in [3.05, 3.63) is 291 Å². The second-order valence-corrected chi connectivity index (χ2v) is 20.0. The van der Waals surface area contributed by atoms with Crippen molar-refractivity contribution in [3.8, 4) is 78.1 Å². The number of nitrogens with zero attached hydrogens (tertiary/aromatic N) is 2. The first-order valence-corrected chi connectivity index (χ1v) is 26.2. The highest BCUT2D eigenvalue weighted by Gasteiger charge is 2.19. The molecule has 0 saturated heterocycles. The van der Waals surface area contributed by atoms with Gasteiger partial charge in [-0.25, -0.2) is 0 Å². The number of benzene rings is 13. The van der Waals surface area contributed by atoms with Crippen LogP contribution in [0.15, 0.2) is 291 Å². The Kier molecular flexibility index (Phi) is 10.2. The van der Waals surface area contributed by atoms with Gasteiger partial charge in [-0.1, -0.05) is 231 Å². The number of para-hydroxylation sites is 4. The molecule has 0 fully saturated rings. The molecule has 0 radical (unpaired) electrons. The lowest BCUT2D eigenvalue weighted by Gasteiger charge is -2.18. The van der Waals surface area contributed by atoms with Gasteiger partial charge in [0.2, 0.25) is 0 Å². The molecular weight excluding hydrogens is 917 g/mol. The van der Waals surface area contributed by atoms with Crippen LogP contribution in [0.3, 0.4) is 0 Å². The maximum Gasteiger partial charge on any atom is 0.0541 e. The summed E-state index contributed by atoms with van der Waals surface area (Å²) < 4.78 is 4.74. The van der Waals surface area contributed by atoms with E-state index in [4.69, 9.17) is 0 Å². The Balaban J connectivity index is 0.717. The lowest BCUT2D eigenvalue weighted by atomic mass is 9.85. The molecule has 2 nitrogen and oxygen atoms in total. The molecule has 0 N–H and O–H groups in total. The van der Waals surface area contributed by atoms with Crippen molar-refractivity contribution >= 4 is 65.2 Å². The van der Waals surface area contributed by atoms with E-state index >= 15 is 0 Å². The van der Waals surface area contributed by atoms with Crippen molar-refractivity contribution in [3.63, 3.8) is 0 Å². The molecule has 0 spiro atoms. The van der Waals surface area contributed by atoms with E-state index in [1.807, 2.05) is 0 Å². The SMILES string of the molecule is c1ccc(-n2c3ccccc3c3cc(-c4ccc(-c5ccc(-c6c7ccccc7c(-c7ccc(-c8ccc(-c9ccc%10c(c9)c9ccccc9n%10-c9ccccc9)cc8)cc7)c7ccccc67)cc5)cc4)ccc32)cc1. The van der Waals surface area contributed by atoms with Gasteiger partial charge in [-0.05, 0) is 149 Å². The number of aromatic nitrogens is 2. The van der Waals surface area contributed by atoms with Gasteiger partial charge in [0, 0.05) is 32.9 Å². The van der Waals surface area contributed by atoms with Crippen LogP contribution in [0.25, 0.3) is 143 Å². The minimum absolute atomic E-state index is 1.17. The van der Waals surface area contributed by atoms with Crippen molar-refractivity contribution in [2.45, 2.75) is 0 Å². The van der Waals surface area contributed by atoms with Gasteiger partial charge in [-0.3, -0.25) is 0 Å². The summed E-state index contributed by atoms with van der Waals surface area (Å²) in [6, 6.07) is 107. The lowest BCUT2D eigenvalue weighted by molar-refractivity contribution is 1.18. The molecule has 0 atom stereocenters. The first-order chi connectivity index (χ1) is 37.7. The minimum Gasteiger partial charge on any atom is -0.309 e. The molecule has 0 aliphatic carbocycles. The van der Waals surface area contributed by atoms with Crippen LogP contribution in [0.4, 0.5) is 0 Å². The van der Waals surface area contributed by atoms with Crippen LogP contribution < -0.4 is 0 Å². The van der Waals surface area contributed by atoms with Crippen molar-refractivity contribution in [1.29, 1.82) is 0 Å². The van der Waals surface area contributed by atoms with E-state index in [0.717, 1.165) is 0 Å². The molecular formula is C74H48N2. The molecule has 13 aromatic carbocycles. The first kappa shape index (κ1) is 43.6. The second kappa shape index (κ2) is 17.9. The van der Waals surface area contributed by atoms with Crippen molar-refractivity contribution in [2.75, 3.05) is 0 Å². The van der Waals surface area contributed by atoms with Gasteiger partial charge in [0.05, 0.1) is 22.1 Å². The van der Waals surface area contributed by atoms with Gasteiger partial charge in [-0.2, -0.15) is 0 Å². The molecule has 0 aliphatic rings. The Hall–Kier alpha value is -10.0. The van der Waals surface area contributed by atoms with E-state index in [2.05, 4.69) is 300 Å². The Morgan fingerprint density at radius 2 is 0.395 bits per heavy atom. The van der Waals surface area contributed by atoms with Crippen LogP contribution >= 0.6 is 0 Å². The topological polar surface area (TPSA) is 9.86 Å². The van der Waals surface area contributed by atoms with Crippen LogP contribution in [-0.4, -0.2) is 9.13 Å². The van der Waals surface area contributed by atoms with Gasteiger partial charge in [0.1, 0.15) is 0 Å². The van der Waals surface area contributed by atoms with E-state index < -0.39 is 0 Å². The van der Waals surface area contributed by atoms with E-state index in [1.54, 1.807) is 0 Å². The average Bonchev–Trinajstić information content (AvgIpc) is 4.04. The zero-order valence-electron chi connectivity index (χ0n) is 41.6. The quantitative estimate of drug-likeness (QED) is 0.134. The summed E-state index contributed by atoms with van der Waals surface area (Å²) >= 11 is 0. The van der Waals surface area contributed by atoms with Gasteiger partial charge in [-0.15, -0.1) is 0 Å². The summed E-state index contributed by atoms with van der Waals surface area (Å²) in [5, 5.41) is 10.0. The standard InChI is InChI=1S/C74H48N2/c1-3-15-59(16-4-1)75-69-25-13-11-19-61(69)67-47-57(43-45-71(67)75)53-31-27-49(28-32-53)51-35-39-55(40-36-51)73-63-21-7-9-23-65(63)74(66-24-10-8-22-64(66)73)56-41-37-52(38-42-56)50-29-33-54(34-30-50)58-44-46-72-68(48-58)62-20-12-14-26-70(62)76(72)60-17-5-2-6-18-60/h1-48H. The van der Waals surface area contributed by atoms with E-state index in [1.165, 1.54) is 143 Å². The third-order valence-corrected chi connectivity index (χ3v) is 15.8. The monoisotopic (exact) mass is 964 g/mol. The predicted octanol–water partition coefficient (Wildman–Crippen LogP) is 20.2. The molecule has 0 bridgehead atoms. The molecule has 2 heterocycles. The van der Waals surface area contributed by atoms with Crippen LogP contribution in [-0.2, 0) is 0 Å². The summed E-state index contributed by atoms with van der Waals surface area (Å²) in [4.78, 5) is 0. The van der Waals surface area contributed by atoms with Crippen molar-refractivity contribution in [1.82, 2.24) is 9.13 Å². The maximum atomic E-state index is 2.37. The number of fused-ring (bicyclic) bond motifs is 8. The largest absolute Gasteiger partial charge is 0.309 e. The minimum atomic E-state index is 1.17. The number of hydrogen-bond acceptors (Lipinski definition) is 0. The molecule has 354 valence electrons. The highest BCUT2D eigenvalue weighted by atomic mass is 15.0. The van der Waals surface area contributed by atoms with Crippen LogP contribution in [0.5, 0.6) is 0 Å². The van der Waals surface area contributed by atoms with E-state index in [0.29, 0.717) is 0 Å². The predicted molar refractivity (Wildman–Crippen MR) is 323 cm³/mol. The molecule has 2 aromatic heterocycles. The maximum absolute atomic E-state index is 2.37. The molecule has 76 heavy (non-hydrogen) atoms. The van der Waals surface area contributed by atoms with Gasteiger partial charge in [0.15, 0.2) is 0 Å². The molecule has 2 heteroatoms. The van der Waals surface area contributed by atoms with Crippen molar-refractivity contribution < 1.29 is 0 Å². The Bertz CT molecular complexity index is 4320. The summed E-state index contributed by atoms with van der Waals surface area (Å²) in [6.07, 6.45) is 0. The van der Waals surface area contributed by atoms with Gasteiger partial charge >= 0.3 is 0 Å². The van der Waals surface area contributed by atoms with E-state index in [9.17, 15) is 0 Å². The number of hydrogen-bond donors (Lipinski definition) is 0. The highest BCUT2D eigenvalue weighted by molar-refractivity contribution is 6.21. The average molecular weight is 965 g/mol. The molecule has 0 aliphatic heterocycles. The Morgan fingerprint density at radius 1 is 0.158 bits per heavy atom. The zero-order valence-corrected chi connectivity index (χ0v) is 41.6. The summed E-state index contributed by atoms with van der Waals surface area (Å²) in [5.41, 5.74) is 21.8. The van der Waals surface area contributed by atoms with Gasteiger partial charge < -0.3 is 9.13 Å². The fourth-order valence-corrected chi connectivity index (χ4v) is 12.1. The summed E-state index contributed by atoms with van der Waals surface area (Å²) in [5.74, 6) is 0. The van der Waals surface area contributed by atoms with Crippen molar-refractivity contribution in [2.24, 2.45) is 0 Å². The Morgan fingerprint density at radius 3 is 0.724 bits per heavy atom. The fourth-order valence-electron chi connectivity index (χ4n) is 12.1. The molecule has 0 amide bonds. The summed E-state index contributed by atoms with van der Waals surface area (Å²) in [7, 11) is 0. The molecule has 0 saturated carbocycles. The number of rotatable bonds is 8. The van der Waals surface area contributed by atoms with Crippen LogP contribution in [0.1, 0.15) is 0 Å². The van der Waals surface area contributed by atoms with Gasteiger partial charge in [0.25, 0.3) is 0 Å². The fraction of sp³-hybridized carbons (Fsp3) is 0. The highest BCUT2D eigenvalue weighted by Crippen LogP contribution is 2.45. The molecule has 0 unspecified atom stereocenters. The molecule has 15 rings (SSSR count). The third kappa shape index (κ3) is 7.18. The molecule has 15 aromatic rings. The normalized spacial score (nSPS) is 11.7. The van der Waals surface area contributed by atoms with Crippen LogP contribution in [0.2, 0.25) is 0 Å². The third-order valence-electron chi connectivity index (χ3n) is 15.8. The van der Waals surface area contributed by atoms with Crippen LogP contribution in [0, 0.1) is 0 Å². The Labute approximate surface area is 441 Å². The summed E-state index contributed by atoms with van der Waals surface area (Å²) in [6.45, 7) is 0. The zero-order chi connectivity index (χ0) is 50.1. The lowest BCUT2D eigenvalue weighted by Crippen LogP contribution is -1.92.